The summed E-state index contributed by atoms with van der Waals surface area (Å²) in [4.78, 5) is 20.5. The number of aromatic nitrogens is 3. The standard InChI is InChI=1S/C22H21N5S/c1-2-4-18(5-3-1)20-14-19-21(24-16-25-22(19)28-20)27-12-10-26(11-13-27)15-17-6-8-23-9-7-17/h1-9,14,16H,10-13,15H2. The van der Waals surface area contributed by atoms with E-state index in [-0.39, 0.29) is 0 Å². The van der Waals surface area contributed by atoms with E-state index in [1.165, 1.54) is 16.0 Å². The van der Waals surface area contributed by atoms with Crippen LogP contribution in [0.5, 0.6) is 0 Å². The number of hydrogen-bond donors (Lipinski definition) is 0. The third-order valence-electron chi connectivity index (χ3n) is 5.19. The zero-order valence-electron chi connectivity index (χ0n) is 15.5. The number of fused-ring (bicyclic) bond motifs is 1. The van der Waals surface area contributed by atoms with Gasteiger partial charge < -0.3 is 4.90 Å². The number of pyridine rings is 1. The van der Waals surface area contributed by atoms with Crippen LogP contribution in [0.3, 0.4) is 0 Å². The van der Waals surface area contributed by atoms with Crippen LogP contribution in [0.15, 0.2) is 67.3 Å². The van der Waals surface area contributed by atoms with Gasteiger partial charge in [0.25, 0.3) is 0 Å². The summed E-state index contributed by atoms with van der Waals surface area (Å²) in [5, 5.41) is 1.16. The molecule has 1 saturated heterocycles. The van der Waals surface area contributed by atoms with Crippen LogP contribution >= 0.6 is 11.3 Å². The van der Waals surface area contributed by atoms with E-state index in [4.69, 9.17) is 0 Å². The molecule has 0 unspecified atom stereocenters. The minimum absolute atomic E-state index is 0.978. The monoisotopic (exact) mass is 387 g/mol. The minimum Gasteiger partial charge on any atom is -0.353 e. The summed E-state index contributed by atoms with van der Waals surface area (Å²) in [5.74, 6) is 1.06. The minimum atomic E-state index is 0.978. The van der Waals surface area contributed by atoms with E-state index in [9.17, 15) is 0 Å². The van der Waals surface area contributed by atoms with Gasteiger partial charge in [-0.15, -0.1) is 11.3 Å². The summed E-state index contributed by atoms with van der Waals surface area (Å²) < 4.78 is 0. The molecular formula is C22H21N5S. The van der Waals surface area contributed by atoms with Gasteiger partial charge in [-0.1, -0.05) is 30.3 Å². The SMILES string of the molecule is c1ccc(-c2cc3c(N4CCN(Cc5ccncc5)CC4)ncnc3s2)cc1. The maximum atomic E-state index is 4.64. The number of benzene rings is 1. The van der Waals surface area contributed by atoms with Crippen LogP contribution in [0.1, 0.15) is 5.56 Å². The molecule has 0 atom stereocenters. The quantitative estimate of drug-likeness (QED) is 0.528. The van der Waals surface area contributed by atoms with Gasteiger partial charge in [0.1, 0.15) is 17.0 Å². The van der Waals surface area contributed by atoms with Gasteiger partial charge >= 0.3 is 0 Å². The van der Waals surface area contributed by atoms with E-state index in [2.05, 4.69) is 67.2 Å². The fourth-order valence-corrected chi connectivity index (χ4v) is 4.70. The normalized spacial score (nSPS) is 15.2. The molecule has 0 radical (unpaired) electrons. The van der Waals surface area contributed by atoms with Crippen molar-refractivity contribution in [2.24, 2.45) is 0 Å². The van der Waals surface area contributed by atoms with Crippen LogP contribution in [0.25, 0.3) is 20.7 Å². The molecule has 0 amide bonds. The Kier molecular flexibility index (Phi) is 4.72. The summed E-state index contributed by atoms with van der Waals surface area (Å²) in [6, 6.07) is 16.9. The van der Waals surface area contributed by atoms with E-state index in [1.807, 2.05) is 18.5 Å². The van der Waals surface area contributed by atoms with Crippen molar-refractivity contribution < 1.29 is 0 Å². The Morgan fingerprint density at radius 1 is 0.893 bits per heavy atom. The van der Waals surface area contributed by atoms with Crippen molar-refractivity contribution in [3.63, 3.8) is 0 Å². The maximum absolute atomic E-state index is 4.64. The molecule has 0 bridgehead atoms. The first-order valence-corrected chi connectivity index (χ1v) is 10.3. The van der Waals surface area contributed by atoms with Crippen LogP contribution in [-0.2, 0) is 6.54 Å². The molecule has 28 heavy (non-hydrogen) atoms. The second kappa shape index (κ2) is 7.66. The summed E-state index contributed by atoms with van der Waals surface area (Å²) in [6.07, 6.45) is 5.43. The molecule has 3 aromatic heterocycles. The Morgan fingerprint density at radius 3 is 2.46 bits per heavy atom. The average Bonchev–Trinajstić information content (AvgIpc) is 3.20. The lowest BCUT2D eigenvalue weighted by molar-refractivity contribution is 0.249. The van der Waals surface area contributed by atoms with Crippen molar-refractivity contribution in [1.29, 1.82) is 0 Å². The van der Waals surface area contributed by atoms with Gasteiger partial charge in [0, 0.05) is 50.0 Å². The van der Waals surface area contributed by atoms with Gasteiger partial charge in [-0.2, -0.15) is 0 Å². The third-order valence-corrected chi connectivity index (χ3v) is 6.29. The van der Waals surface area contributed by atoms with Crippen LogP contribution in [-0.4, -0.2) is 46.0 Å². The molecule has 1 aromatic carbocycles. The van der Waals surface area contributed by atoms with Gasteiger partial charge in [-0.3, -0.25) is 9.88 Å². The number of thiophene rings is 1. The van der Waals surface area contributed by atoms with Gasteiger partial charge in [-0.25, -0.2) is 9.97 Å². The smallest absolute Gasteiger partial charge is 0.140 e. The molecule has 1 aliphatic heterocycles. The lowest BCUT2D eigenvalue weighted by Crippen LogP contribution is -2.46. The highest BCUT2D eigenvalue weighted by Gasteiger charge is 2.21. The van der Waals surface area contributed by atoms with Crippen molar-refractivity contribution in [3.8, 4) is 10.4 Å². The molecule has 0 spiro atoms. The second-order valence-corrected chi connectivity index (χ2v) is 8.04. The summed E-state index contributed by atoms with van der Waals surface area (Å²) >= 11 is 1.74. The summed E-state index contributed by atoms with van der Waals surface area (Å²) in [7, 11) is 0. The summed E-state index contributed by atoms with van der Waals surface area (Å²) in [5.41, 5.74) is 2.55. The zero-order chi connectivity index (χ0) is 18.8. The number of hydrogen-bond acceptors (Lipinski definition) is 6. The highest BCUT2D eigenvalue weighted by molar-refractivity contribution is 7.21. The third kappa shape index (κ3) is 3.48. The second-order valence-electron chi connectivity index (χ2n) is 7.01. The highest BCUT2D eigenvalue weighted by Crippen LogP contribution is 2.36. The Bertz CT molecular complexity index is 1060. The summed E-state index contributed by atoms with van der Waals surface area (Å²) in [6.45, 7) is 5.00. The predicted octanol–water partition coefficient (Wildman–Crippen LogP) is 4.08. The molecule has 0 N–H and O–H groups in total. The fraction of sp³-hybridized carbons (Fsp3) is 0.227. The lowest BCUT2D eigenvalue weighted by atomic mass is 10.2. The number of anilines is 1. The van der Waals surface area contributed by atoms with Crippen molar-refractivity contribution in [3.05, 3.63) is 72.8 Å². The molecule has 5 rings (SSSR count). The van der Waals surface area contributed by atoms with Crippen LogP contribution in [0, 0.1) is 0 Å². The Labute approximate surface area is 168 Å². The number of piperazine rings is 1. The number of nitrogens with zero attached hydrogens (tertiary/aromatic N) is 5. The van der Waals surface area contributed by atoms with Crippen molar-refractivity contribution >= 4 is 27.4 Å². The molecule has 4 heterocycles. The largest absolute Gasteiger partial charge is 0.353 e. The predicted molar refractivity (Wildman–Crippen MR) is 115 cm³/mol. The van der Waals surface area contributed by atoms with Crippen molar-refractivity contribution in [2.75, 3.05) is 31.1 Å². The van der Waals surface area contributed by atoms with Gasteiger partial charge in [0.15, 0.2) is 0 Å². The van der Waals surface area contributed by atoms with E-state index in [0.29, 0.717) is 0 Å². The zero-order valence-corrected chi connectivity index (χ0v) is 16.3. The Morgan fingerprint density at radius 2 is 1.68 bits per heavy atom. The van der Waals surface area contributed by atoms with Crippen LogP contribution in [0.4, 0.5) is 5.82 Å². The molecule has 0 aliphatic carbocycles. The molecule has 1 aliphatic rings. The van der Waals surface area contributed by atoms with Crippen LogP contribution < -0.4 is 4.90 Å². The Hall–Kier alpha value is -2.83. The molecule has 140 valence electrons. The first-order chi connectivity index (χ1) is 13.9. The molecular weight excluding hydrogens is 366 g/mol. The van der Waals surface area contributed by atoms with Crippen LogP contribution in [0.2, 0.25) is 0 Å². The lowest BCUT2D eigenvalue weighted by Gasteiger charge is -2.35. The molecule has 5 nitrogen and oxygen atoms in total. The molecule has 1 fully saturated rings. The topological polar surface area (TPSA) is 45.2 Å². The average molecular weight is 388 g/mol. The first kappa shape index (κ1) is 17.3. The van der Waals surface area contributed by atoms with Crippen molar-refractivity contribution in [1.82, 2.24) is 19.9 Å². The molecule has 6 heteroatoms. The maximum Gasteiger partial charge on any atom is 0.140 e. The first-order valence-electron chi connectivity index (χ1n) is 9.53. The van der Waals surface area contributed by atoms with Gasteiger partial charge in [0.2, 0.25) is 0 Å². The molecule has 4 aromatic rings. The Balaban J connectivity index is 1.35. The molecule has 0 saturated carbocycles. The van der Waals surface area contributed by atoms with E-state index < -0.39 is 0 Å². The van der Waals surface area contributed by atoms with Gasteiger partial charge in [0.05, 0.1) is 5.39 Å². The van der Waals surface area contributed by atoms with E-state index in [0.717, 1.165) is 48.8 Å². The van der Waals surface area contributed by atoms with E-state index >= 15 is 0 Å². The van der Waals surface area contributed by atoms with Crippen molar-refractivity contribution in [2.45, 2.75) is 6.54 Å². The highest BCUT2D eigenvalue weighted by atomic mass is 32.1. The van der Waals surface area contributed by atoms with E-state index in [1.54, 1.807) is 17.7 Å². The number of rotatable bonds is 4. The fourth-order valence-electron chi connectivity index (χ4n) is 3.70. The van der Waals surface area contributed by atoms with Gasteiger partial charge in [-0.05, 0) is 29.3 Å².